The minimum absolute atomic E-state index is 0.436. The molecule has 0 radical (unpaired) electrons. The van der Waals surface area contributed by atoms with Crippen LogP contribution in [0.25, 0.3) is 0 Å². The zero-order chi connectivity index (χ0) is 10.6. The Morgan fingerprint density at radius 3 is 2.43 bits per heavy atom. The number of hydrogen-bond acceptors (Lipinski definition) is 4. The highest BCUT2D eigenvalue weighted by Gasteiger charge is 2.17. The highest BCUT2D eigenvalue weighted by Crippen LogP contribution is 2.16. The molecule has 0 bridgehead atoms. The molecule has 3 nitrogen and oxygen atoms in total. The predicted octanol–water partition coefficient (Wildman–Crippen LogP) is 2.04. The molecule has 0 saturated heterocycles. The van der Waals surface area contributed by atoms with Gasteiger partial charge in [-0.3, -0.25) is 0 Å². The Bertz CT molecular complexity index is 288. The molecule has 0 aliphatic carbocycles. The van der Waals surface area contributed by atoms with Crippen LogP contribution in [-0.2, 0) is 5.88 Å². The smallest absolute Gasteiger partial charge is 0.192 e. The largest absolute Gasteiger partial charge is 0.431 e. The van der Waals surface area contributed by atoms with Crippen molar-refractivity contribution in [3.8, 4) is 0 Å². The van der Waals surface area contributed by atoms with Crippen molar-refractivity contribution >= 4 is 31.7 Å². The van der Waals surface area contributed by atoms with E-state index in [0.717, 1.165) is 5.56 Å². The molecule has 0 aliphatic heterocycles. The second-order valence-electron chi connectivity index (χ2n) is 3.61. The Morgan fingerprint density at radius 2 is 2.00 bits per heavy atom. The van der Waals surface area contributed by atoms with Gasteiger partial charge in [0.25, 0.3) is 0 Å². The van der Waals surface area contributed by atoms with Gasteiger partial charge in [0.2, 0.25) is 0 Å². The lowest BCUT2D eigenvalue weighted by Gasteiger charge is -2.11. The number of aromatic nitrogens is 2. The molecule has 14 heavy (non-hydrogen) atoms. The molecule has 0 saturated carbocycles. The Balaban J connectivity index is 2.52. The quantitative estimate of drug-likeness (QED) is 0.383. The van der Waals surface area contributed by atoms with Gasteiger partial charge in [0.1, 0.15) is 0 Å². The van der Waals surface area contributed by atoms with Gasteiger partial charge in [0.05, 0.1) is 5.88 Å². The molecule has 1 aromatic heterocycles. The molecular weight excluding hydrogens is 236 g/mol. The molecule has 0 atom stereocenters. The van der Waals surface area contributed by atoms with Crippen LogP contribution >= 0.6 is 23.4 Å². The van der Waals surface area contributed by atoms with Gasteiger partial charge in [0, 0.05) is 23.3 Å². The van der Waals surface area contributed by atoms with Gasteiger partial charge in [-0.1, -0.05) is 11.8 Å². The number of hydrogen-bond donors (Lipinski definition) is 1. The average Bonchev–Trinajstić information content (AvgIpc) is 2.14. The molecule has 0 aliphatic rings. The standard InChI is InChI=1S/C8H13ClN2OSSi/c1-14(2,12)6-13-8-10-4-7(3-9)5-11-8/h4-5,12H,3,6H2,1-2H3. The second-order valence-corrected chi connectivity index (χ2v) is 9.31. The molecule has 0 amide bonds. The molecule has 1 N–H and O–H groups in total. The van der Waals surface area contributed by atoms with Gasteiger partial charge >= 0.3 is 0 Å². The van der Waals surface area contributed by atoms with Crippen LogP contribution < -0.4 is 0 Å². The fourth-order valence-corrected chi connectivity index (χ4v) is 3.05. The van der Waals surface area contributed by atoms with Gasteiger partial charge < -0.3 is 4.80 Å². The van der Waals surface area contributed by atoms with Gasteiger partial charge in [0.15, 0.2) is 13.5 Å². The molecule has 1 aromatic rings. The van der Waals surface area contributed by atoms with Crippen molar-refractivity contribution in [3.05, 3.63) is 18.0 Å². The first-order valence-electron chi connectivity index (χ1n) is 4.23. The van der Waals surface area contributed by atoms with E-state index in [4.69, 9.17) is 11.6 Å². The van der Waals surface area contributed by atoms with Crippen LogP contribution in [0.15, 0.2) is 17.6 Å². The van der Waals surface area contributed by atoms with E-state index in [1.807, 2.05) is 13.1 Å². The Hall–Kier alpha value is -0.103. The Morgan fingerprint density at radius 1 is 1.43 bits per heavy atom. The Kier molecular flexibility index (Phi) is 4.37. The first-order valence-corrected chi connectivity index (χ1v) is 8.91. The van der Waals surface area contributed by atoms with Gasteiger partial charge in [-0.15, -0.1) is 11.6 Å². The summed E-state index contributed by atoms with van der Waals surface area (Å²) in [5.74, 6) is 0.436. The number of thioether (sulfide) groups is 1. The summed E-state index contributed by atoms with van der Waals surface area (Å²) < 4.78 is 0. The molecule has 1 rings (SSSR count). The normalized spacial score (nSPS) is 11.7. The van der Waals surface area contributed by atoms with Crippen LogP contribution in [0, 0.1) is 0 Å². The SMILES string of the molecule is C[Si](C)(O)CSc1ncc(CCl)cn1. The van der Waals surface area contributed by atoms with Crippen LogP contribution in [0.5, 0.6) is 0 Å². The maximum absolute atomic E-state index is 9.62. The maximum atomic E-state index is 9.62. The van der Waals surface area contributed by atoms with Crippen LogP contribution in [0.2, 0.25) is 13.1 Å². The van der Waals surface area contributed by atoms with Gasteiger partial charge in [-0.05, 0) is 13.1 Å². The summed E-state index contributed by atoms with van der Waals surface area (Å²) in [7, 11) is -2.01. The lowest BCUT2D eigenvalue weighted by Crippen LogP contribution is -2.29. The fraction of sp³-hybridized carbons (Fsp3) is 0.500. The third kappa shape index (κ3) is 4.41. The van der Waals surface area contributed by atoms with Gasteiger partial charge in [-0.25, -0.2) is 9.97 Å². The zero-order valence-electron chi connectivity index (χ0n) is 8.20. The molecule has 0 fully saturated rings. The van der Waals surface area contributed by atoms with E-state index in [1.165, 1.54) is 11.8 Å². The molecule has 0 aromatic carbocycles. The zero-order valence-corrected chi connectivity index (χ0v) is 10.8. The van der Waals surface area contributed by atoms with Crippen molar-refractivity contribution in [1.29, 1.82) is 0 Å². The molecule has 1 heterocycles. The molecule has 0 spiro atoms. The highest BCUT2D eigenvalue weighted by atomic mass is 35.5. The lowest BCUT2D eigenvalue weighted by molar-refractivity contribution is 0.559. The van der Waals surface area contributed by atoms with Crippen molar-refractivity contribution in [2.75, 3.05) is 5.38 Å². The summed E-state index contributed by atoms with van der Waals surface area (Å²) in [6.07, 6.45) is 3.43. The monoisotopic (exact) mass is 248 g/mol. The first-order chi connectivity index (χ1) is 6.51. The lowest BCUT2D eigenvalue weighted by atomic mass is 10.4. The number of rotatable bonds is 4. The van der Waals surface area contributed by atoms with Crippen molar-refractivity contribution in [3.63, 3.8) is 0 Å². The molecule has 0 unspecified atom stereocenters. The topological polar surface area (TPSA) is 46.0 Å². The third-order valence-electron chi connectivity index (χ3n) is 1.39. The maximum Gasteiger partial charge on any atom is 0.192 e. The minimum atomic E-state index is -2.01. The third-order valence-corrected chi connectivity index (χ3v) is 5.57. The van der Waals surface area contributed by atoms with Crippen LogP contribution in [0.1, 0.15) is 5.56 Å². The summed E-state index contributed by atoms with van der Waals surface area (Å²) in [5, 5.41) is 1.42. The van der Waals surface area contributed by atoms with E-state index in [-0.39, 0.29) is 0 Å². The molecule has 6 heteroatoms. The predicted molar refractivity (Wildman–Crippen MR) is 62.0 cm³/mol. The fourth-order valence-electron chi connectivity index (χ4n) is 0.728. The highest BCUT2D eigenvalue weighted by molar-refractivity contribution is 8.00. The summed E-state index contributed by atoms with van der Waals surface area (Å²) in [4.78, 5) is 17.9. The second kappa shape index (κ2) is 5.11. The van der Waals surface area contributed by atoms with E-state index in [2.05, 4.69) is 9.97 Å². The van der Waals surface area contributed by atoms with E-state index < -0.39 is 8.32 Å². The van der Waals surface area contributed by atoms with E-state index >= 15 is 0 Å². The van der Waals surface area contributed by atoms with E-state index in [1.54, 1.807) is 12.4 Å². The van der Waals surface area contributed by atoms with Crippen LogP contribution in [-0.4, -0.2) is 28.5 Å². The molecular formula is C8H13ClN2OSSi. The van der Waals surface area contributed by atoms with E-state index in [0.29, 0.717) is 16.4 Å². The van der Waals surface area contributed by atoms with Crippen molar-refractivity contribution in [2.24, 2.45) is 0 Å². The van der Waals surface area contributed by atoms with E-state index in [9.17, 15) is 4.80 Å². The van der Waals surface area contributed by atoms with Crippen molar-refractivity contribution < 1.29 is 4.80 Å². The van der Waals surface area contributed by atoms with Crippen molar-refractivity contribution in [1.82, 2.24) is 9.97 Å². The summed E-state index contributed by atoms with van der Waals surface area (Å²) in [6, 6.07) is 0. The average molecular weight is 249 g/mol. The molecule has 78 valence electrons. The van der Waals surface area contributed by atoms with Crippen LogP contribution in [0.3, 0.4) is 0 Å². The minimum Gasteiger partial charge on any atom is -0.431 e. The number of alkyl halides is 1. The first kappa shape index (κ1) is 12.0. The summed E-state index contributed by atoms with van der Waals surface area (Å²) in [6.45, 7) is 3.79. The van der Waals surface area contributed by atoms with Crippen molar-refractivity contribution in [2.45, 2.75) is 24.1 Å². The van der Waals surface area contributed by atoms with Gasteiger partial charge in [-0.2, -0.15) is 0 Å². The number of nitrogens with zero attached hydrogens (tertiary/aromatic N) is 2. The summed E-state index contributed by atoms with van der Waals surface area (Å²) >= 11 is 7.10. The summed E-state index contributed by atoms with van der Waals surface area (Å²) in [5.41, 5.74) is 0.913. The van der Waals surface area contributed by atoms with Crippen LogP contribution in [0.4, 0.5) is 0 Å². The number of halogens is 1. The Labute approximate surface area is 94.1 Å².